The first-order valence-electron chi connectivity index (χ1n) is 12.2. The number of ether oxygens (including phenoxy) is 1. The van der Waals surface area contributed by atoms with Crippen LogP contribution in [-0.4, -0.2) is 60.1 Å². The van der Waals surface area contributed by atoms with Gasteiger partial charge in [-0.3, -0.25) is 14.4 Å². The van der Waals surface area contributed by atoms with E-state index in [2.05, 4.69) is 5.32 Å². The van der Waals surface area contributed by atoms with Crippen LogP contribution in [0.3, 0.4) is 0 Å². The molecule has 1 aromatic carbocycles. The predicted octanol–water partition coefficient (Wildman–Crippen LogP) is 4.48. The Kier molecular flexibility index (Phi) is 8.20. The number of carbonyl (C=O) groups excluding carboxylic acids is 3. The Hall–Kier alpha value is -2.85. The van der Waals surface area contributed by atoms with Gasteiger partial charge in [-0.15, -0.1) is 0 Å². The van der Waals surface area contributed by atoms with Gasteiger partial charge < -0.3 is 19.9 Å². The molecular formula is C25H33F4N3O4. The zero-order valence-corrected chi connectivity index (χ0v) is 21.0. The minimum absolute atomic E-state index is 0.00229. The summed E-state index contributed by atoms with van der Waals surface area (Å²) in [6.07, 6.45) is -0.601. The number of halogens is 4. The molecule has 0 spiro atoms. The lowest BCUT2D eigenvalue weighted by atomic mass is 9.92. The maximum absolute atomic E-state index is 14.2. The van der Waals surface area contributed by atoms with E-state index in [-0.39, 0.29) is 36.6 Å². The monoisotopic (exact) mass is 515 g/mol. The van der Waals surface area contributed by atoms with Crippen molar-refractivity contribution in [3.05, 3.63) is 23.3 Å². The van der Waals surface area contributed by atoms with E-state index in [9.17, 15) is 31.9 Å². The van der Waals surface area contributed by atoms with Crippen LogP contribution in [0.5, 0.6) is 5.75 Å². The third-order valence-electron chi connectivity index (χ3n) is 6.59. The average molecular weight is 516 g/mol. The van der Waals surface area contributed by atoms with E-state index in [1.807, 2.05) is 0 Å². The molecule has 1 heterocycles. The maximum atomic E-state index is 14.2. The highest BCUT2D eigenvalue weighted by Gasteiger charge is 2.45. The Labute approximate surface area is 208 Å². The minimum atomic E-state index is -4.84. The molecule has 0 radical (unpaired) electrons. The van der Waals surface area contributed by atoms with Crippen molar-refractivity contribution in [2.24, 2.45) is 0 Å². The molecule has 0 atom stereocenters. The second kappa shape index (κ2) is 10.6. The summed E-state index contributed by atoms with van der Waals surface area (Å²) < 4.78 is 60.7. The van der Waals surface area contributed by atoms with Gasteiger partial charge in [0.05, 0.1) is 16.8 Å². The lowest BCUT2D eigenvalue weighted by molar-refractivity contribution is -0.138. The van der Waals surface area contributed by atoms with E-state index in [1.165, 1.54) is 23.6 Å². The molecule has 36 heavy (non-hydrogen) atoms. The fraction of sp³-hybridized carbons (Fsp3) is 0.640. The van der Waals surface area contributed by atoms with Gasteiger partial charge in [0.15, 0.2) is 12.3 Å². The second-order valence-electron chi connectivity index (χ2n) is 10.0. The summed E-state index contributed by atoms with van der Waals surface area (Å²) in [5, 5.41) is 2.30. The number of benzene rings is 1. The van der Waals surface area contributed by atoms with Gasteiger partial charge in [0, 0.05) is 25.2 Å². The molecular weight excluding hydrogens is 482 g/mol. The zero-order valence-electron chi connectivity index (χ0n) is 21.0. The third kappa shape index (κ3) is 5.75. The zero-order chi connectivity index (χ0) is 26.8. The average Bonchev–Trinajstić information content (AvgIpc) is 2.80. The highest BCUT2D eigenvalue weighted by molar-refractivity contribution is 6.05. The molecule has 7 nitrogen and oxygen atoms in total. The first-order chi connectivity index (χ1) is 16.8. The van der Waals surface area contributed by atoms with Crippen LogP contribution in [0, 0.1) is 0 Å². The second-order valence-corrected chi connectivity index (χ2v) is 10.0. The van der Waals surface area contributed by atoms with E-state index < -0.39 is 47.3 Å². The van der Waals surface area contributed by atoms with E-state index in [4.69, 9.17) is 4.74 Å². The van der Waals surface area contributed by atoms with Crippen molar-refractivity contribution in [2.45, 2.75) is 83.7 Å². The highest BCUT2D eigenvalue weighted by Crippen LogP contribution is 2.44. The van der Waals surface area contributed by atoms with Gasteiger partial charge in [-0.1, -0.05) is 19.3 Å². The number of nitrogens with zero attached hydrogens (tertiary/aromatic N) is 2. The summed E-state index contributed by atoms with van der Waals surface area (Å²) in [6, 6.07) is 1.32. The molecule has 0 saturated heterocycles. The van der Waals surface area contributed by atoms with Crippen molar-refractivity contribution < 1.29 is 36.7 Å². The molecule has 0 aromatic heterocycles. The van der Waals surface area contributed by atoms with Crippen molar-refractivity contribution >= 4 is 23.4 Å². The Morgan fingerprint density at radius 1 is 1.19 bits per heavy atom. The number of fused-ring (bicyclic) bond motifs is 1. The molecule has 1 fully saturated rings. The number of anilines is 1. The maximum Gasteiger partial charge on any atom is 0.417 e. The van der Waals surface area contributed by atoms with E-state index >= 15 is 0 Å². The molecule has 200 valence electrons. The van der Waals surface area contributed by atoms with E-state index in [0.717, 1.165) is 31.4 Å². The van der Waals surface area contributed by atoms with Crippen molar-refractivity contribution in [3.8, 4) is 5.75 Å². The number of rotatable bonds is 7. The van der Waals surface area contributed by atoms with Gasteiger partial charge in [0.1, 0.15) is 5.75 Å². The third-order valence-corrected chi connectivity index (χ3v) is 6.59. The minimum Gasteiger partial charge on any atom is -0.476 e. The Bertz CT molecular complexity index is 1000. The van der Waals surface area contributed by atoms with E-state index in [0.29, 0.717) is 12.8 Å². The van der Waals surface area contributed by atoms with Gasteiger partial charge in [0.25, 0.3) is 17.7 Å². The Balaban J connectivity index is 2.10. The molecule has 11 heteroatoms. The van der Waals surface area contributed by atoms with Crippen LogP contribution >= 0.6 is 0 Å². The van der Waals surface area contributed by atoms with Gasteiger partial charge in [-0.25, -0.2) is 4.39 Å². The van der Waals surface area contributed by atoms with Crippen LogP contribution in [-0.2, 0) is 15.8 Å². The number of hydrogen-bond donors (Lipinski definition) is 1. The molecule has 1 aliphatic carbocycles. The molecule has 0 bridgehead atoms. The van der Waals surface area contributed by atoms with Gasteiger partial charge >= 0.3 is 6.18 Å². The standard InChI is InChI=1S/C25H33F4N3O4/c1-15(2)32(16-8-6-5-7-9-16)22(34)17-12-19-20(13-18(17)25(27,28)29)36-24(3,4)23(35)31(19)11-10-30-21(33)14-26/h12-13,15-16H,5-11,14H2,1-4H3,(H,30,33). The summed E-state index contributed by atoms with van der Waals surface area (Å²) in [5.74, 6) is -2.39. The first-order valence-corrected chi connectivity index (χ1v) is 12.2. The van der Waals surface area contributed by atoms with Crippen LogP contribution in [0.15, 0.2) is 12.1 Å². The number of hydrogen-bond acceptors (Lipinski definition) is 4. The quantitative estimate of drug-likeness (QED) is 0.544. The van der Waals surface area contributed by atoms with Crippen LogP contribution < -0.4 is 15.0 Å². The number of nitrogens with one attached hydrogen (secondary N) is 1. The first kappa shape index (κ1) is 27.7. The van der Waals surface area contributed by atoms with Gasteiger partial charge in [-0.2, -0.15) is 13.2 Å². The predicted molar refractivity (Wildman–Crippen MR) is 126 cm³/mol. The molecule has 2 aliphatic rings. The molecule has 1 aromatic rings. The van der Waals surface area contributed by atoms with Crippen molar-refractivity contribution in [1.29, 1.82) is 0 Å². The summed E-state index contributed by atoms with van der Waals surface area (Å²) in [6.45, 7) is 4.87. The van der Waals surface area contributed by atoms with Crippen LogP contribution in [0.25, 0.3) is 0 Å². The number of amides is 3. The fourth-order valence-corrected chi connectivity index (χ4v) is 4.92. The summed E-state index contributed by atoms with van der Waals surface area (Å²) >= 11 is 0. The van der Waals surface area contributed by atoms with Gasteiger partial charge in [0.2, 0.25) is 0 Å². The smallest absolute Gasteiger partial charge is 0.417 e. The topological polar surface area (TPSA) is 79.0 Å². The van der Waals surface area contributed by atoms with Crippen molar-refractivity contribution in [3.63, 3.8) is 0 Å². The van der Waals surface area contributed by atoms with Crippen molar-refractivity contribution in [1.82, 2.24) is 10.2 Å². The van der Waals surface area contributed by atoms with Crippen LogP contribution in [0.2, 0.25) is 0 Å². The summed E-state index contributed by atoms with van der Waals surface area (Å²) in [7, 11) is 0. The van der Waals surface area contributed by atoms with Gasteiger partial charge in [-0.05, 0) is 52.7 Å². The Morgan fingerprint density at radius 3 is 2.39 bits per heavy atom. The fourth-order valence-electron chi connectivity index (χ4n) is 4.92. The van der Waals surface area contributed by atoms with Crippen LogP contribution in [0.1, 0.15) is 75.7 Å². The SMILES string of the molecule is CC(C)N(C(=O)c1cc2c(cc1C(F)(F)F)OC(C)(C)C(=O)N2CCNC(=O)CF)C1CCCCC1. The normalized spacial score (nSPS) is 18.0. The molecule has 1 N–H and O–H groups in total. The van der Waals surface area contributed by atoms with Crippen molar-refractivity contribution in [2.75, 3.05) is 24.7 Å². The molecule has 3 rings (SSSR count). The lowest BCUT2D eigenvalue weighted by Gasteiger charge is -2.40. The molecule has 1 saturated carbocycles. The molecule has 0 unspecified atom stereocenters. The number of alkyl halides is 4. The summed E-state index contributed by atoms with van der Waals surface area (Å²) in [4.78, 5) is 40.8. The molecule has 1 aliphatic heterocycles. The lowest BCUT2D eigenvalue weighted by Crippen LogP contribution is -2.54. The highest BCUT2D eigenvalue weighted by atomic mass is 19.4. The van der Waals surface area contributed by atoms with E-state index in [1.54, 1.807) is 13.8 Å². The Morgan fingerprint density at radius 2 is 1.83 bits per heavy atom. The number of carbonyl (C=O) groups is 3. The van der Waals surface area contributed by atoms with Crippen LogP contribution in [0.4, 0.5) is 23.2 Å². The largest absolute Gasteiger partial charge is 0.476 e. The summed E-state index contributed by atoms with van der Waals surface area (Å²) in [5.41, 5.74) is -3.19. The molecule has 3 amide bonds.